The van der Waals surface area contributed by atoms with Crippen molar-refractivity contribution in [3.05, 3.63) is 47.7 Å². The molecule has 0 aliphatic heterocycles. The van der Waals surface area contributed by atoms with E-state index in [0.29, 0.717) is 0 Å². The minimum Gasteiger partial charge on any atom is -0.403 e. The summed E-state index contributed by atoms with van der Waals surface area (Å²) in [5, 5.41) is 3.15. The molecule has 0 aromatic heterocycles. The Balaban J connectivity index is 4.38. The van der Waals surface area contributed by atoms with Crippen molar-refractivity contribution in [3.8, 4) is 0 Å². The van der Waals surface area contributed by atoms with Gasteiger partial charge >= 0.3 is 0 Å². The number of hydrogen-bond donors (Lipinski definition) is 2. The van der Waals surface area contributed by atoms with Crippen LogP contribution < -0.4 is 11.1 Å². The van der Waals surface area contributed by atoms with Crippen molar-refractivity contribution in [1.82, 2.24) is 5.32 Å². The van der Waals surface area contributed by atoms with Gasteiger partial charge in [-0.1, -0.05) is 36.5 Å². The average molecular weight is 220 g/mol. The molecule has 3 N–H and O–H groups in total. The van der Waals surface area contributed by atoms with E-state index in [9.17, 15) is 0 Å². The molecular formula is C14H24N2. The molecule has 0 unspecified atom stereocenters. The van der Waals surface area contributed by atoms with Gasteiger partial charge in [-0.2, -0.15) is 0 Å². The number of nitrogens with one attached hydrogen (secondary N) is 1. The number of nitrogens with two attached hydrogens (primary N) is 1. The van der Waals surface area contributed by atoms with Crippen LogP contribution in [0.25, 0.3) is 0 Å². The van der Waals surface area contributed by atoms with E-state index < -0.39 is 0 Å². The van der Waals surface area contributed by atoms with E-state index in [2.05, 4.69) is 43.1 Å². The summed E-state index contributed by atoms with van der Waals surface area (Å²) in [4.78, 5) is 0. The predicted molar refractivity (Wildman–Crippen MR) is 73.1 cm³/mol. The second kappa shape index (κ2) is 8.98. The van der Waals surface area contributed by atoms with Crippen LogP contribution >= 0.6 is 0 Å². The highest BCUT2D eigenvalue weighted by Crippen LogP contribution is 2.06. The Labute approximate surface area is 99.6 Å². The molecule has 0 atom stereocenters. The molecule has 0 bridgehead atoms. The first-order valence-electron chi connectivity index (χ1n) is 5.68. The maximum atomic E-state index is 5.51. The maximum Gasteiger partial charge on any atom is 0.0202 e. The van der Waals surface area contributed by atoms with E-state index in [-0.39, 0.29) is 0 Å². The number of rotatable bonds is 7. The van der Waals surface area contributed by atoms with Gasteiger partial charge in [0.25, 0.3) is 0 Å². The van der Waals surface area contributed by atoms with Crippen molar-refractivity contribution in [3.63, 3.8) is 0 Å². The summed E-state index contributed by atoms with van der Waals surface area (Å²) in [6, 6.07) is 0. The van der Waals surface area contributed by atoms with Gasteiger partial charge < -0.3 is 11.1 Å². The average Bonchev–Trinajstić information content (AvgIpc) is 2.17. The highest BCUT2D eigenvalue weighted by Gasteiger charge is 1.91. The molecule has 0 heterocycles. The van der Waals surface area contributed by atoms with Crippen molar-refractivity contribution >= 4 is 0 Å². The SMILES string of the molecule is C=C(N)CC/C=C(C)/C=C(\C=C/C)CNC. The molecular weight excluding hydrogens is 196 g/mol. The summed E-state index contributed by atoms with van der Waals surface area (Å²) < 4.78 is 0. The van der Waals surface area contributed by atoms with Gasteiger partial charge in [0, 0.05) is 12.2 Å². The molecule has 0 saturated carbocycles. The van der Waals surface area contributed by atoms with Crippen LogP contribution in [-0.2, 0) is 0 Å². The molecule has 0 fully saturated rings. The normalized spacial score (nSPS) is 13.4. The van der Waals surface area contributed by atoms with Crippen LogP contribution in [0.15, 0.2) is 47.7 Å². The van der Waals surface area contributed by atoms with E-state index in [0.717, 1.165) is 25.1 Å². The van der Waals surface area contributed by atoms with Crippen molar-refractivity contribution < 1.29 is 0 Å². The second-order valence-electron chi connectivity index (χ2n) is 3.89. The second-order valence-corrected chi connectivity index (χ2v) is 3.89. The molecule has 0 amide bonds. The predicted octanol–water partition coefficient (Wildman–Crippen LogP) is 2.91. The molecule has 0 spiro atoms. The number of likely N-dealkylation sites (N-methyl/N-ethyl adjacent to an activating group) is 1. The molecule has 0 aliphatic rings. The van der Waals surface area contributed by atoms with Gasteiger partial charge in [-0.15, -0.1) is 0 Å². The van der Waals surface area contributed by atoms with E-state index in [1.165, 1.54) is 11.1 Å². The first kappa shape index (κ1) is 14.7. The summed E-state index contributed by atoms with van der Waals surface area (Å²) in [5.74, 6) is 0. The topological polar surface area (TPSA) is 38.0 Å². The Morgan fingerprint density at radius 3 is 2.62 bits per heavy atom. The molecule has 0 aromatic carbocycles. The molecule has 2 heteroatoms. The molecule has 90 valence electrons. The Bertz CT molecular complexity index is 296. The fraction of sp³-hybridized carbons (Fsp3) is 0.429. The summed E-state index contributed by atoms with van der Waals surface area (Å²) in [6.07, 6.45) is 10.4. The molecule has 0 aliphatic carbocycles. The van der Waals surface area contributed by atoms with Crippen molar-refractivity contribution in [2.45, 2.75) is 26.7 Å². The summed E-state index contributed by atoms with van der Waals surface area (Å²) >= 11 is 0. The van der Waals surface area contributed by atoms with Crippen LogP contribution in [-0.4, -0.2) is 13.6 Å². The fourth-order valence-electron chi connectivity index (χ4n) is 1.41. The third-order valence-electron chi connectivity index (χ3n) is 2.11. The Morgan fingerprint density at radius 1 is 1.44 bits per heavy atom. The highest BCUT2D eigenvalue weighted by molar-refractivity contribution is 5.30. The van der Waals surface area contributed by atoms with E-state index >= 15 is 0 Å². The van der Waals surface area contributed by atoms with E-state index in [1.54, 1.807) is 0 Å². The summed E-state index contributed by atoms with van der Waals surface area (Å²) in [5.41, 5.74) is 8.81. The maximum absolute atomic E-state index is 5.51. The molecule has 0 radical (unpaired) electrons. The van der Waals surface area contributed by atoms with Gasteiger partial charge in [0.1, 0.15) is 0 Å². The monoisotopic (exact) mass is 220 g/mol. The van der Waals surface area contributed by atoms with Gasteiger partial charge in [-0.05, 0) is 39.3 Å². The van der Waals surface area contributed by atoms with Gasteiger partial charge in [-0.25, -0.2) is 0 Å². The first-order valence-corrected chi connectivity index (χ1v) is 5.68. The Morgan fingerprint density at radius 2 is 2.12 bits per heavy atom. The van der Waals surface area contributed by atoms with Gasteiger partial charge in [0.15, 0.2) is 0 Å². The van der Waals surface area contributed by atoms with Crippen LogP contribution in [0, 0.1) is 0 Å². The third-order valence-corrected chi connectivity index (χ3v) is 2.11. The zero-order valence-corrected chi connectivity index (χ0v) is 10.7. The standard InChI is InChI=1S/C14H24N2/c1-5-7-14(11-16-4)10-12(2)8-6-9-13(3)15/h5,7-8,10,16H,3,6,9,11,15H2,1-2,4H3/b7-5-,12-8+,14-10+. The van der Waals surface area contributed by atoms with Gasteiger partial charge in [0.2, 0.25) is 0 Å². The van der Waals surface area contributed by atoms with Crippen LogP contribution in [0.5, 0.6) is 0 Å². The minimum absolute atomic E-state index is 0.747. The smallest absolute Gasteiger partial charge is 0.0202 e. The molecule has 0 saturated heterocycles. The van der Waals surface area contributed by atoms with Crippen LogP contribution in [0.4, 0.5) is 0 Å². The minimum atomic E-state index is 0.747. The van der Waals surface area contributed by atoms with E-state index in [1.807, 2.05) is 14.0 Å². The fourth-order valence-corrected chi connectivity index (χ4v) is 1.41. The number of allylic oxidation sites excluding steroid dienone is 5. The zero-order valence-electron chi connectivity index (χ0n) is 10.7. The highest BCUT2D eigenvalue weighted by atomic mass is 14.8. The first-order chi connectivity index (χ1) is 7.60. The van der Waals surface area contributed by atoms with Crippen molar-refractivity contribution in [2.24, 2.45) is 5.73 Å². The van der Waals surface area contributed by atoms with Crippen molar-refractivity contribution in [2.75, 3.05) is 13.6 Å². The molecule has 0 aromatic rings. The summed E-state index contributed by atoms with van der Waals surface area (Å²) in [7, 11) is 1.95. The lowest BCUT2D eigenvalue weighted by atomic mass is 10.1. The number of hydrogen-bond acceptors (Lipinski definition) is 2. The van der Waals surface area contributed by atoms with Crippen molar-refractivity contribution in [1.29, 1.82) is 0 Å². The lowest BCUT2D eigenvalue weighted by Gasteiger charge is -2.02. The van der Waals surface area contributed by atoms with Crippen LogP contribution in [0.1, 0.15) is 26.7 Å². The molecule has 2 nitrogen and oxygen atoms in total. The van der Waals surface area contributed by atoms with Gasteiger partial charge in [0.05, 0.1) is 0 Å². The van der Waals surface area contributed by atoms with Gasteiger partial charge in [-0.3, -0.25) is 0 Å². The quantitative estimate of drug-likeness (QED) is 0.647. The molecule has 16 heavy (non-hydrogen) atoms. The molecule has 0 rings (SSSR count). The lowest BCUT2D eigenvalue weighted by Crippen LogP contribution is -2.09. The van der Waals surface area contributed by atoms with Crippen LogP contribution in [0.2, 0.25) is 0 Å². The van der Waals surface area contributed by atoms with E-state index in [4.69, 9.17) is 5.73 Å². The Hall–Kier alpha value is -1.28. The summed E-state index contributed by atoms with van der Waals surface area (Å²) in [6.45, 7) is 8.71. The van der Waals surface area contributed by atoms with Crippen LogP contribution in [0.3, 0.4) is 0 Å². The third kappa shape index (κ3) is 8.06. The lowest BCUT2D eigenvalue weighted by molar-refractivity contribution is 0.893. The Kier molecular flexibility index (Phi) is 8.26. The largest absolute Gasteiger partial charge is 0.403 e. The zero-order chi connectivity index (χ0) is 12.4.